The van der Waals surface area contributed by atoms with E-state index in [1.807, 2.05) is 18.7 Å². The van der Waals surface area contributed by atoms with Gasteiger partial charge in [-0.15, -0.1) is 0 Å². The Hall–Kier alpha value is -1.06. The van der Waals surface area contributed by atoms with Crippen molar-refractivity contribution < 1.29 is 9.59 Å². The highest BCUT2D eigenvalue weighted by atomic mass is 16.2. The summed E-state index contributed by atoms with van der Waals surface area (Å²) < 4.78 is 0. The molecule has 1 aliphatic carbocycles. The van der Waals surface area contributed by atoms with Crippen LogP contribution in [0.25, 0.3) is 0 Å². The SMILES string of the molecule is CCCC1NC(=O)C(CC)N(CC2(C(C)C)CC2)C1=O. The van der Waals surface area contributed by atoms with E-state index in [0.717, 1.165) is 19.4 Å². The maximum atomic E-state index is 12.7. The summed E-state index contributed by atoms with van der Waals surface area (Å²) in [7, 11) is 0. The number of nitrogens with zero attached hydrogens (tertiary/aromatic N) is 1. The first-order chi connectivity index (χ1) is 9.45. The van der Waals surface area contributed by atoms with Crippen LogP contribution in [-0.4, -0.2) is 35.3 Å². The third kappa shape index (κ3) is 2.70. The molecule has 20 heavy (non-hydrogen) atoms. The Kier molecular flexibility index (Phi) is 4.40. The zero-order chi connectivity index (χ0) is 14.9. The maximum Gasteiger partial charge on any atom is 0.245 e. The van der Waals surface area contributed by atoms with Crippen molar-refractivity contribution in [2.75, 3.05) is 6.54 Å². The van der Waals surface area contributed by atoms with Crippen molar-refractivity contribution in [3.63, 3.8) is 0 Å². The van der Waals surface area contributed by atoms with Crippen molar-refractivity contribution in [1.82, 2.24) is 10.2 Å². The molecule has 0 aromatic carbocycles. The molecule has 1 saturated heterocycles. The Bertz CT molecular complexity index is 388. The molecule has 114 valence electrons. The lowest BCUT2D eigenvalue weighted by atomic mass is 9.90. The van der Waals surface area contributed by atoms with Crippen molar-refractivity contribution in [3.05, 3.63) is 0 Å². The van der Waals surface area contributed by atoms with Crippen LogP contribution in [-0.2, 0) is 9.59 Å². The van der Waals surface area contributed by atoms with Gasteiger partial charge in [0.25, 0.3) is 0 Å². The van der Waals surface area contributed by atoms with Gasteiger partial charge in [-0.2, -0.15) is 0 Å². The highest BCUT2D eigenvalue weighted by molar-refractivity contribution is 5.97. The average Bonchev–Trinajstić information content (AvgIpc) is 3.17. The van der Waals surface area contributed by atoms with E-state index >= 15 is 0 Å². The lowest BCUT2D eigenvalue weighted by Crippen LogP contribution is -2.64. The Morgan fingerprint density at radius 1 is 1.30 bits per heavy atom. The second-order valence-electron chi connectivity index (χ2n) is 6.76. The molecule has 1 heterocycles. The molecular formula is C16H28N2O2. The van der Waals surface area contributed by atoms with Crippen LogP contribution < -0.4 is 5.32 Å². The van der Waals surface area contributed by atoms with Crippen LogP contribution >= 0.6 is 0 Å². The van der Waals surface area contributed by atoms with Crippen molar-refractivity contribution in [2.24, 2.45) is 11.3 Å². The molecular weight excluding hydrogens is 252 g/mol. The third-order valence-electron chi connectivity index (χ3n) is 5.14. The van der Waals surface area contributed by atoms with Gasteiger partial charge in [0.2, 0.25) is 11.8 Å². The third-order valence-corrected chi connectivity index (χ3v) is 5.14. The van der Waals surface area contributed by atoms with Crippen LogP contribution in [0.3, 0.4) is 0 Å². The van der Waals surface area contributed by atoms with Gasteiger partial charge in [-0.3, -0.25) is 9.59 Å². The molecule has 2 amide bonds. The van der Waals surface area contributed by atoms with Gasteiger partial charge in [0, 0.05) is 6.54 Å². The molecule has 4 heteroatoms. The molecule has 4 nitrogen and oxygen atoms in total. The predicted octanol–water partition coefficient (Wildman–Crippen LogP) is 2.33. The standard InChI is InChI=1S/C16H28N2O2/c1-5-7-12-15(20)18(13(6-2)14(19)17-12)10-16(8-9-16)11(3)4/h11-13H,5-10H2,1-4H3,(H,17,19). The molecule has 2 fully saturated rings. The summed E-state index contributed by atoms with van der Waals surface area (Å²) in [6, 6.07) is -0.579. The zero-order valence-corrected chi connectivity index (χ0v) is 13.2. The number of piperazine rings is 1. The van der Waals surface area contributed by atoms with E-state index in [4.69, 9.17) is 0 Å². The number of hydrogen-bond donors (Lipinski definition) is 1. The van der Waals surface area contributed by atoms with E-state index in [0.29, 0.717) is 12.3 Å². The number of nitrogens with one attached hydrogen (secondary N) is 1. The summed E-state index contributed by atoms with van der Waals surface area (Å²) in [6.07, 6.45) is 4.73. The first-order valence-corrected chi connectivity index (χ1v) is 8.06. The Balaban J connectivity index is 2.16. The van der Waals surface area contributed by atoms with Crippen LogP contribution in [0, 0.1) is 11.3 Å². The van der Waals surface area contributed by atoms with Gasteiger partial charge in [0.1, 0.15) is 12.1 Å². The van der Waals surface area contributed by atoms with E-state index < -0.39 is 0 Å². The van der Waals surface area contributed by atoms with E-state index in [-0.39, 0.29) is 29.3 Å². The van der Waals surface area contributed by atoms with E-state index in [2.05, 4.69) is 19.2 Å². The van der Waals surface area contributed by atoms with Gasteiger partial charge >= 0.3 is 0 Å². The minimum absolute atomic E-state index is 0.0325. The normalized spacial score (nSPS) is 28.8. The molecule has 0 aromatic heterocycles. The molecule has 1 aliphatic heterocycles. The highest BCUT2D eigenvalue weighted by Gasteiger charge is 2.50. The fourth-order valence-electron chi connectivity index (χ4n) is 3.32. The number of hydrogen-bond acceptors (Lipinski definition) is 2. The number of carbonyl (C=O) groups excluding carboxylic acids is 2. The van der Waals surface area contributed by atoms with Crippen LogP contribution in [0.15, 0.2) is 0 Å². The van der Waals surface area contributed by atoms with E-state index in [1.165, 1.54) is 12.8 Å². The van der Waals surface area contributed by atoms with Gasteiger partial charge in [-0.25, -0.2) is 0 Å². The Morgan fingerprint density at radius 3 is 2.40 bits per heavy atom. The predicted molar refractivity (Wildman–Crippen MR) is 79.1 cm³/mol. The van der Waals surface area contributed by atoms with Crippen LogP contribution in [0.5, 0.6) is 0 Å². The lowest BCUT2D eigenvalue weighted by molar-refractivity contribution is -0.151. The largest absolute Gasteiger partial charge is 0.343 e. The fourth-order valence-corrected chi connectivity index (χ4v) is 3.32. The second-order valence-corrected chi connectivity index (χ2v) is 6.76. The van der Waals surface area contributed by atoms with E-state index in [1.54, 1.807) is 0 Å². The first-order valence-electron chi connectivity index (χ1n) is 8.06. The maximum absolute atomic E-state index is 12.7. The quantitative estimate of drug-likeness (QED) is 0.812. The van der Waals surface area contributed by atoms with Gasteiger partial charge in [0.05, 0.1) is 0 Å². The summed E-state index contributed by atoms with van der Waals surface area (Å²) in [6.45, 7) is 9.25. The number of rotatable bonds is 6. The lowest BCUT2D eigenvalue weighted by Gasteiger charge is -2.41. The zero-order valence-electron chi connectivity index (χ0n) is 13.2. The molecule has 1 saturated carbocycles. The molecule has 2 aliphatic rings. The minimum atomic E-state index is -0.307. The molecule has 0 spiro atoms. The molecule has 0 bridgehead atoms. The second kappa shape index (κ2) is 5.74. The summed E-state index contributed by atoms with van der Waals surface area (Å²) in [5.41, 5.74) is 0.261. The summed E-state index contributed by atoms with van der Waals surface area (Å²) in [4.78, 5) is 26.8. The summed E-state index contributed by atoms with van der Waals surface area (Å²) >= 11 is 0. The van der Waals surface area contributed by atoms with Crippen molar-refractivity contribution in [3.8, 4) is 0 Å². The Morgan fingerprint density at radius 2 is 1.95 bits per heavy atom. The van der Waals surface area contributed by atoms with Gasteiger partial charge in [-0.1, -0.05) is 34.1 Å². The molecule has 2 unspecified atom stereocenters. The Labute approximate surface area is 122 Å². The fraction of sp³-hybridized carbons (Fsp3) is 0.875. The minimum Gasteiger partial charge on any atom is -0.343 e. The van der Waals surface area contributed by atoms with Crippen molar-refractivity contribution >= 4 is 11.8 Å². The average molecular weight is 280 g/mol. The molecule has 0 aromatic rings. The molecule has 0 radical (unpaired) electrons. The highest BCUT2D eigenvalue weighted by Crippen LogP contribution is 2.52. The van der Waals surface area contributed by atoms with Crippen LogP contribution in [0.1, 0.15) is 59.8 Å². The topological polar surface area (TPSA) is 49.4 Å². The molecule has 2 rings (SSSR count). The monoisotopic (exact) mass is 280 g/mol. The molecule has 1 N–H and O–H groups in total. The first kappa shape index (κ1) is 15.3. The molecule has 2 atom stereocenters. The van der Waals surface area contributed by atoms with Crippen molar-refractivity contribution in [1.29, 1.82) is 0 Å². The number of amides is 2. The summed E-state index contributed by atoms with van der Waals surface area (Å²) in [5.74, 6) is 0.734. The number of carbonyl (C=O) groups is 2. The smallest absolute Gasteiger partial charge is 0.245 e. The van der Waals surface area contributed by atoms with Gasteiger partial charge in [-0.05, 0) is 37.0 Å². The van der Waals surface area contributed by atoms with Gasteiger partial charge < -0.3 is 10.2 Å². The summed E-state index contributed by atoms with van der Waals surface area (Å²) in [5, 5.41) is 2.90. The van der Waals surface area contributed by atoms with Gasteiger partial charge in [0.15, 0.2) is 0 Å². The van der Waals surface area contributed by atoms with Crippen LogP contribution in [0.4, 0.5) is 0 Å². The van der Waals surface area contributed by atoms with Crippen LogP contribution in [0.2, 0.25) is 0 Å². The van der Waals surface area contributed by atoms with Crippen molar-refractivity contribution in [2.45, 2.75) is 71.9 Å². The van der Waals surface area contributed by atoms with E-state index in [9.17, 15) is 9.59 Å².